The van der Waals surface area contributed by atoms with Crippen LogP contribution < -0.4 is 16.0 Å². The average Bonchev–Trinajstić information content (AvgIpc) is 2.98. The van der Waals surface area contributed by atoms with Crippen LogP contribution in [0, 0.1) is 5.92 Å². The van der Waals surface area contributed by atoms with E-state index in [2.05, 4.69) is 16.0 Å². The van der Waals surface area contributed by atoms with Crippen molar-refractivity contribution >= 4 is 17.5 Å². The first-order valence-corrected chi connectivity index (χ1v) is 7.18. The van der Waals surface area contributed by atoms with Crippen molar-refractivity contribution in [2.45, 2.75) is 12.8 Å². The molecular formula is C15H21N3O3. The molecule has 21 heavy (non-hydrogen) atoms. The topological polar surface area (TPSA) is 90.5 Å². The van der Waals surface area contributed by atoms with Gasteiger partial charge in [0, 0.05) is 24.2 Å². The van der Waals surface area contributed by atoms with E-state index in [1.165, 1.54) is 0 Å². The Labute approximate surface area is 123 Å². The van der Waals surface area contributed by atoms with Crippen LogP contribution in [0.4, 0.5) is 5.69 Å². The van der Waals surface area contributed by atoms with Gasteiger partial charge in [0.25, 0.3) is 5.91 Å². The van der Waals surface area contributed by atoms with Gasteiger partial charge < -0.3 is 21.1 Å². The fourth-order valence-corrected chi connectivity index (χ4v) is 2.34. The van der Waals surface area contributed by atoms with E-state index in [4.69, 9.17) is 5.11 Å². The minimum Gasteiger partial charge on any atom is -0.395 e. The molecule has 6 heteroatoms. The SMILES string of the molecule is O=C(CC1CCNC1)Nc1ccc(C(=O)NCCO)cc1. The number of anilines is 1. The number of carbonyl (C=O) groups excluding carboxylic acids is 2. The van der Waals surface area contributed by atoms with Crippen molar-refractivity contribution in [3.8, 4) is 0 Å². The van der Waals surface area contributed by atoms with E-state index in [1.54, 1.807) is 24.3 Å². The molecule has 1 heterocycles. The van der Waals surface area contributed by atoms with E-state index in [0.717, 1.165) is 19.5 Å². The third kappa shape index (κ3) is 4.84. The zero-order chi connectivity index (χ0) is 15.1. The molecule has 1 unspecified atom stereocenters. The minimum atomic E-state index is -0.237. The molecule has 1 saturated heterocycles. The van der Waals surface area contributed by atoms with Crippen molar-refractivity contribution in [3.63, 3.8) is 0 Å². The predicted molar refractivity (Wildman–Crippen MR) is 80.1 cm³/mol. The highest BCUT2D eigenvalue weighted by molar-refractivity contribution is 5.95. The fourth-order valence-electron chi connectivity index (χ4n) is 2.34. The van der Waals surface area contributed by atoms with Crippen LogP contribution in [0.5, 0.6) is 0 Å². The molecular weight excluding hydrogens is 270 g/mol. The Bertz CT molecular complexity index is 481. The molecule has 1 aromatic rings. The first kappa shape index (κ1) is 15.5. The van der Waals surface area contributed by atoms with Gasteiger partial charge in [-0.1, -0.05) is 0 Å². The third-order valence-electron chi connectivity index (χ3n) is 3.46. The van der Waals surface area contributed by atoms with Crippen molar-refractivity contribution in [2.24, 2.45) is 5.92 Å². The number of rotatable bonds is 6. The van der Waals surface area contributed by atoms with Crippen LogP contribution in [-0.4, -0.2) is 43.2 Å². The summed E-state index contributed by atoms with van der Waals surface area (Å²) in [4.78, 5) is 23.5. The summed E-state index contributed by atoms with van der Waals surface area (Å²) < 4.78 is 0. The zero-order valence-electron chi connectivity index (χ0n) is 11.9. The summed E-state index contributed by atoms with van der Waals surface area (Å²) in [6.07, 6.45) is 1.56. The highest BCUT2D eigenvalue weighted by Crippen LogP contribution is 2.15. The Hall–Kier alpha value is -1.92. The van der Waals surface area contributed by atoms with Crippen LogP contribution in [0.15, 0.2) is 24.3 Å². The zero-order valence-corrected chi connectivity index (χ0v) is 11.9. The lowest BCUT2D eigenvalue weighted by molar-refractivity contribution is -0.116. The van der Waals surface area contributed by atoms with Crippen LogP contribution in [0.3, 0.4) is 0 Å². The summed E-state index contributed by atoms with van der Waals surface area (Å²) in [5.74, 6) is 0.175. The molecule has 2 rings (SSSR count). The standard InChI is InChI=1S/C15H21N3O3/c19-8-7-17-15(21)12-1-3-13(4-2-12)18-14(20)9-11-5-6-16-10-11/h1-4,11,16,19H,5-10H2,(H,17,21)(H,18,20). The monoisotopic (exact) mass is 291 g/mol. The number of nitrogens with one attached hydrogen (secondary N) is 3. The Kier molecular flexibility index (Phi) is 5.71. The predicted octanol–water partition coefficient (Wildman–Crippen LogP) is 0.347. The molecule has 2 amide bonds. The first-order chi connectivity index (χ1) is 10.2. The van der Waals surface area contributed by atoms with Crippen molar-refractivity contribution in [1.29, 1.82) is 0 Å². The Morgan fingerprint density at radius 1 is 1.29 bits per heavy atom. The minimum absolute atomic E-state index is 0.00109. The molecule has 0 bridgehead atoms. The Morgan fingerprint density at radius 3 is 2.67 bits per heavy atom. The number of hydrogen-bond acceptors (Lipinski definition) is 4. The van der Waals surface area contributed by atoms with Crippen molar-refractivity contribution in [1.82, 2.24) is 10.6 Å². The van der Waals surface area contributed by atoms with Gasteiger partial charge in [-0.3, -0.25) is 9.59 Å². The van der Waals surface area contributed by atoms with Gasteiger partial charge in [-0.2, -0.15) is 0 Å². The van der Waals surface area contributed by atoms with Gasteiger partial charge in [-0.15, -0.1) is 0 Å². The van der Waals surface area contributed by atoms with Crippen molar-refractivity contribution < 1.29 is 14.7 Å². The third-order valence-corrected chi connectivity index (χ3v) is 3.46. The summed E-state index contributed by atoms with van der Waals surface area (Å²) >= 11 is 0. The van der Waals surface area contributed by atoms with Crippen LogP contribution in [0.2, 0.25) is 0 Å². The number of hydrogen-bond donors (Lipinski definition) is 4. The number of benzene rings is 1. The summed E-state index contributed by atoms with van der Waals surface area (Å²) in [7, 11) is 0. The number of aliphatic hydroxyl groups excluding tert-OH is 1. The molecule has 4 N–H and O–H groups in total. The molecule has 1 aliphatic heterocycles. The van der Waals surface area contributed by atoms with E-state index in [9.17, 15) is 9.59 Å². The van der Waals surface area contributed by atoms with Gasteiger partial charge >= 0.3 is 0 Å². The molecule has 0 radical (unpaired) electrons. The van der Waals surface area contributed by atoms with E-state index in [0.29, 0.717) is 23.6 Å². The maximum Gasteiger partial charge on any atom is 0.251 e. The quantitative estimate of drug-likeness (QED) is 0.608. The first-order valence-electron chi connectivity index (χ1n) is 7.18. The smallest absolute Gasteiger partial charge is 0.251 e. The lowest BCUT2D eigenvalue weighted by atomic mass is 10.0. The molecule has 1 aromatic carbocycles. The highest BCUT2D eigenvalue weighted by Gasteiger charge is 2.18. The van der Waals surface area contributed by atoms with E-state index < -0.39 is 0 Å². The number of aliphatic hydroxyl groups is 1. The van der Waals surface area contributed by atoms with Crippen LogP contribution >= 0.6 is 0 Å². The summed E-state index contributed by atoms with van der Waals surface area (Å²) in [5.41, 5.74) is 1.19. The lowest BCUT2D eigenvalue weighted by Crippen LogP contribution is -2.26. The summed E-state index contributed by atoms with van der Waals surface area (Å²) in [5, 5.41) is 17.3. The fraction of sp³-hybridized carbons (Fsp3) is 0.467. The molecule has 0 aromatic heterocycles. The molecule has 0 spiro atoms. The van der Waals surface area contributed by atoms with Crippen LogP contribution in [-0.2, 0) is 4.79 Å². The van der Waals surface area contributed by atoms with E-state index in [1.807, 2.05) is 0 Å². The van der Waals surface area contributed by atoms with Gasteiger partial charge in [0.05, 0.1) is 6.61 Å². The molecule has 0 saturated carbocycles. The highest BCUT2D eigenvalue weighted by atomic mass is 16.3. The van der Waals surface area contributed by atoms with Gasteiger partial charge in [-0.25, -0.2) is 0 Å². The van der Waals surface area contributed by atoms with Crippen LogP contribution in [0.25, 0.3) is 0 Å². The molecule has 1 aliphatic rings. The lowest BCUT2D eigenvalue weighted by Gasteiger charge is -2.09. The van der Waals surface area contributed by atoms with Crippen LogP contribution in [0.1, 0.15) is 23.2 Å². The van der Waals surface area contributed by atoms with Crippen molar-refractivity contribution in [2.75, 3.05) is 31.6 Å². The molecule has 0 aliphatic carbocycles. The molecule has 6 nitrogen and oxygen atoms in total. The summed E-state index contributed by atoms with van der Waals surface area (Å²) in [6.45, 7) is 2.02. The number of amides is 2. The van der Waals surface area contributed by atoms with E-state index >= 15 is 0 Å². The van der Waals surface area contributed by atoms with Gasteiger partial charge in [-0.05, 0) is 49.7 Å². The number of carbonyl (C=O) groups is 2. The average molecular weight is 291 g/mol. The maximum absolute atomic E-state index is 11.9. The Balaban J connectivity index is 1.83. The molecule has 114 valence electrons. The second kappa shape index (κ2) is 7.75. The normalized spacial score (nSPS) is 17.5. The Morgan fingerprint density at radius 2 is 2.05 bits per heavy atom. The largest absolute Gasteiger partial charge is 0.395 e. The van der Waals surface area contributed by atoms with E-state index in [-0.39, 0.29) is 25.0 Å². The second-order valence-electron chi connectivity index (χ2n) is 5.17. The van der Waals surface area contributed by atoms with Gasteiger partial charge in [0.2, 0.25) is 5.91 Å². The molecule has 1 fully saturated rings. The van der Waals surface area contributed by atoms with Gasteiger partial charge in [0.1, 0.15) is 0 Å². The second-order valence-corrected chi connectivity index (χ2v) is 5.17. The molecule has 1 atom stereocenters. The maximum atomic E-state index is 11.9. The summed E-state index contributed by atoms with van der Waals surface area (Å²) in [6, 6.07) is 6.72. The van der Waals surface area contributed by atoms with Crippen molar-refractivity contribution in [3.05, 3.63) is 29.8 Å². The van der Waals surface area contributed by atoms with Gasteiger partial charge in [0.15, 0.2) is 0 Å².